The number of hydrogen-bond acceptors (Lipinski definition) is 2. The molecule has 1 atom stereocenters. The quantitative estimate of drug-likeness (QED) is 0.893. The second-order valence-electron chi connectivity index (χ2n) is 5.79. The number of aliphatic hydroxyl groups excluding tert-OH is 1. The van der Waals surface area contributed by atoms with E-state index in [1.165, 1.54) is 11.1 Å². The van der Waals surface area contributed by atoms with E-state index in [1.54, 1.807) is 0 Å². The van der Waals surface area contributed by atoms with Gasteiger partial charge in [0.05, 0.1) is 6.10 Å². The molecule has 0 bridgehead atoms. The lowest BCUT2D eigenvalue weighted by atomic mass is 9.84. The van der Waals surface area contributed by atoms with Crippen LogP contribution in [0.4, 0.5) is 0 Å². The SMILES string of the molecule is CNCC(O)C1c2cc(Cl)ccc2CCc2ccc(Cl)cc21. The molecule has 1 aliphatic rings. The van der Waals surface area contributed by atoms with Crippen molar-refractivity contribution in [1.29, 1.82) is 0 Å². The maximum Gasteiger partial charge on any atom is 0.0773 e. The van der Waals surface area contributed by atoms with E-state index in [0.717, 1.165) is 24.0 Å². The Balaban J connectivity index is 2.19. The summed E-state index contributed by atoms with van der Waals surface area (Å²) in [5.74, 6) is -0.114. The Morgan fingerprint density at radius 2 is 1.55 bits per heavy atom. The predicted molar refractivity (Wildman–Crippen MR) is 92.1 cm³/mol. The molecule has 2 aromatic carbocycles. The van der Waals surface area contributed by atoms with Crippen LogP contribution in [-0.4, -0.2) is 24.8 Å². The summed E-state index contributed by atoms with van der Waals surface area (Å²) in [7, 11) is 1.84. The zero-order chi connectivity index (χ0) is 15.7. The van der Waals surface area contributed by atoms with Crippen LogP contribution in [0.3, 0.4) is 0 Å². The lowest BCUT2D eigenvalue weighted by Crippen LogP contribution is -2.31. The summed E-state index contributed by atoms with van der Waals surface area (Å²) in [4.78, 5) is 0. The predicted octanol–water partition coefficient (Wildman–Crippen LogP) is 3.80. The third-order valence-corrected chi connectivity index (χ3v) is 4.82. The third kappa shape index (κ3) is 3.02. The zero-order valence-electron chi connectivity index (χ0n) is 12.4. The van der Waals surface area contributed by atoms with E-state index in [-0.39, 0.29) is 5.92 Å². The fraction of sp³-hybridized carbons (Fsp3) is 0.333. The van der Waals surface area contributed by atoms with E-state index in [1.807, 2.05) is 31.3 Å². The normalized spacial score (nSPS) is 15.8. The number of hydrogen-bond donors (Lipinski definition) is 2. The number of benzene rings is 2. The maximum atomic E-state index is 10.7. The van der Waals surface area contributed by atoms with Gasteiger partial charge in [-0.25, -0.2) is 0 Å². The van der Waals surface area contributed by atoms with Gasteiger partial charge in [-0.2, -0.15) is 0 Å². The van der Waals surface area contributed by atoms with Crippen molar-refractivity contribution in [2.24, 2.45) is 0 Å². The summed E-state index contributed by atoms with van der Waals surface area (Å²) in [6, 6.07) is 12.0. The fourth-order valence-corrected chi connectivity index (χ4v) is 3.71. The molecule has 4 heteroatoms. The maximum absolute atomic E-state index is 10.7. The van der Waals surface area contributed by atoms with Crippen molar-refractivity contribution in [3.05, 3.63) is 68.7 Å². The highest BCUT2D eigenvalue weighted by atomic mass is 35.5. The molecule has 0 heterocycles. The molecule has 1 unspecified atom stereocenters. The van der Waals surface area contributed by atoms with Gasteiger partial charge in [0.1, 0.15) is 0 Å². The topological polar surface area (TPSA) is 32.3 Å². The van der Waals surface area contributed by atoms with Crippen LogP contribution in [-0.2, 0) is 12.8 Å². The van der Waals surface area contributed by atoms with Crippen molar-refractivity contribution >= 4 is 23.2 Å². The number of aliphatic hydroxyl groups is 1. The van der Waals surface area contributed by atoms with Gasteiger partial charge in [0, 0.05) is 22.5 Å². The molecule has 0 aromatic heterocycles. The molecule has 2 nitrogen and oxygen atoms in total. The minimum Gasteiger partial charge on any atom is -0.391 e. The molecule has 0 aliphatic heterocycles. The van der Waals surface area contributed by atoms with E-state index < -0.39 is 6.10 Å². The monoisotopic (exact) mass is 335 g/mol. The van der Waals surface area contributed by atoms with Gasteiger partial charge in [-0.05, 0) is 66.4 Å². The Labute approximate surface area is 141 Å². The van der Waals surface area contributed by atoms with Gasteiger partial charge in [-0.1, -0.05) is 35.3 Å². The summed E-state index contributed by atoms with van der Waals surface area (Å²) < 4.78 is 0. The van der Waals surface area contributed by atoms with Crippen LogP contribution in [0.2, 0.25) is 10.0 Å². The number of rotatable bonds is 3. The summed E-state index contributed by atoms with van der Waals surface area (Å²) in [5.41, 5.74) is 4.71. The largest absolute Gasteiger partial charge is 0.391 e. The van der Waals surface area contributed by atoms with Crippen LogP contribution >= 0.6 is 23.2 Å². The average molecular weight is 336 g/mol. The zero-order valence-corrected chi connectivity index (χ0v) is 14.0. The number of aryl methyl sites for hydroxylation is 2. The highest BCUT2D eigenvalue weighted by molar-refractivity contribution is 6.31. The summed E-state index contributed by atoms with van der Waals surface area (Å²) >= 11 is 12.4. The molecule has 1 aliphatic carbocycles. The van der Waals surface area contributed by atoms with Crippen LogP contribution in [0, 0.1) is 0 Å². The highest BCUT2D eigenvalue weighted by Gasteiger charge is 2.29. The minimum absolute atomic E-state index is 0.114. The number of fused-ring (bicyclic) bond motifs is 2. The smallest absolute Gasteiger partial charge is 0.0773 e. The van der Waals surface area contributed by atoms with Crippen molar-refractivity contribution < 1.29 is 5.11 Å². The average Bonchev–Trinajstić information content (AvgIpc) is 2.63. The molecule has 116 valence electrons. The Morgan fingerprint density at radius 1 is 1.05 bits per heavy atom. The van der Waals surface area contributed by atoms with Crippen LogP contribution < -0.4 is 5.32 Å². The van der Waals surface area contributed by atoms with Crippen molar-refractivity contribution in [2.75, 3.05) is 13.6 Å². The minimum atomic E-state index is -0.530. The Bertz CT molecular complexity index is 633. The van der Waals surface area contributed by atoms with Crippen LogP contribution in [0.1, 0.15) is 28.2 Å². The number of halogens is 2. The molecule has 0 amide bonds. The molecule has 0 radical (unpaired) electrons. The van der Waals surface area contributed by atoms with E-state index >= 15 is 0 Å². The molecule has 2 aromatic rings. The Kier molecular flexibility index (Phi) is 4.74. The molecule has 0 saturated heterocycles. The molecule has 3 rings (SSSR count). The second-order valence-corrected chi connectivity index (χ2v) is 6.66. The fourth-order valence-electron chi connectivity index (χ4n) is 3.34. The van der Waals surface area contributed by atoms with Crippen LogP contribution in [0.25, 0.3) is 0 Å². The van der Waals surface area contributed by atoms with Crippen LogP contribution in [0.5, 0.6) is 0 Å². The first-order valence-electron chi connectivity index (χ1n) is 7.49. The summed E-state index contributed by atoms with van der Waals surface area (Å²) in [6.45, 7) is 0.516. The molecule has 0 fully saturated rings. The summed E-state index contributed by atoms with van der Waals surface area (Å²) in [5, 5.41) is 15.2. The van der Waals surface area contributed by atoms with Gasteiger partial charge < -0.3 is 10.4 Å². The van der Waals surface area contributed by atoms with Gasteiger partial charge in [0.2, 0.25) is 0 Å². The van der Waals surface area contributed by atoms with Gasteiger partial charge in [-0.3, -0.25) is 0 Å². The van der Waals surface area contributed by atoms with Crippen molar-refractivity contribution in [3.63, 3.8) is 0 Å². The third-order valence-electron chi connectivity index (χ3n) is 4.35. The van der Waals surface area contributed by atoms with Gasteiger partial charge in [0.15, 0.2) is 0 Å². The molecule has 0 spiro atoms. The van der Waals surface area contributed by atoms with Gasteiger partial charge in [-0.15, -0.1) is 0 Å². The lowest BCUT2D eigenvalue weighted by Gasteiger charge is -2.26. The number of nitrogens with one attached hydrogen (secondary N) is 1. The molecule has 22 heavy (non-hydrogen) atoms. The first-order chi connectivity index (χ1) is 10.6. The van der Waals surface area contributed by atoms with E-state index in [9.17, 15) is 5.11 Å². The van der Waals surface area contributed by atoms with Crippen LogP contribution in [0.15, 0.2) is 36.4 Å². The van der Waals surface area contributed by atoms with Gasteiger partial charge in [0.25, 0.3) is 0 Å². The van der Waals surface area contributed by atoms with Crippen molar-refractivity contribution in [1.82, 2.24) is 5.32 Å². The number of likely N-dealkylation sites (N-methyl/N-ethyl adjacent to an activating group) is 1. The Morgan fingerprint density at radius 3 is 2.00 bits per heavy atom. The van der Waals surface area contributed by atoms with E-state index in [2.05, 4.69) is 17.4 Å². The molecule has 2 N–H and O–H groups in total. The second kappa shape index (κ2) is 6.59. The molecular weight excluding hydrogens is 317 g/mol. The van der Waals surface area contributed by atoms with E-state index in [4.69, 9.17) is 23.2 Å². The van der Waals surface area contributed by atoms with Gasteiger partial charge >= 0.3 is 0 Å². The van der Waals surface area contributed by atoms with Crippen molar-refractivity contribution in [3.8, 4) is 0 Å². The van der Waals surface area contributed by atoms with E-state index in [0.29, 0.717) is 16.6 Å². The van der Waals surface area contributed by atoms with Crippen molar-refractivity contribution in [2.45, 2.75) is 24.9 Å². The highest BCUT2D eigenvalue weighted by Crippen LogP contribution is 2.38. The lowest BCUT2D eigenvalue weighted by molar-refractivity contribution is 0.156. The molecular formula is C18H19Cl2NO. The first-order valence-corrected chi connectivity index (χ1v) is 8.25. The Hall–Kier alpha value is -1.06. The first kappa shape index (κ1) is 15.8. The molecule has 0 saturated carbocycles. The summed E-state index contributed by atoms with van der Waals surface area (Å²) in [6.07, 6.45) is 1.37. The standard InChI is InChI=1S/C18H19Cl2NO/c1-21-10-17(22)18-15-8-13(19)6-4-11(15)2-3-12-5-7-14(20)9-16(12)18/h4-9,17-18,21-22H,2-3,10H2,1H3.